The summed E-state index contributed by atoms with van der Waals surface area (Å²) >= 11 is 0. The van der Waals surface area contributed by atoms with Crippen LogP contribution in [0.5, 0.6) is 11.5 Å². The second-order valence-corrected chi connectivity index (χ2v) is 6.01. The Balaban J connectivity index is 1.66. The van der Waals surface area contributed by atoms with E-state index in [4.69, 9.17) is 9.47 Å². The molecule has 3 aromatic rings. The highest BCUT2D eigenvalue weighted by molar-refractivity contribution is 5.87. The molecule has 2 heterocycles. The van der Waals surface area contributed by atoms with Crippen LogP contribution in [0.3, 0.4) is 0 Å². The Morgan fingerprint density at radius 2 is 2.00 bits per heavy atom. The van der Waals surface area contributed by atoms with Crippen molar-refractivity contribution in [3.8, 4) is 28.8 Å². The summed E-state index contributed by atoms with van der Waals surface area (Å²) in [4.78, 5) is 29.6. The molecule has 1 aliphatic heterocycles. The van der Waals surface area contributed by atoms with Crippen molar-refractivity contribution in [2.75, 3.05) is 12.2 Å². The minimum Gasteiger partial charge on any atom is -0.454 e. The van der Waals surface area contributed by atoms with Gasteiger partial charge in [0.2, 0.25) is 12.7 Å². The maximum Gasteiger partial charge on any atom is 0.282 e. The fourth-order valence-corrected chi connectivity index (χ4v) is 2.81. The van der Waals surface area contributed by atoms with Crippen LogP contribution in [0.4, 0.5) is 11.6 Å². The number of nitriles is 1. The lowest BCUT2D eigenvalue weighted by Gasteiger charge is -2.06. The van der Waals surface area contributed by atoms with Crippen molar-refractivity contribution in [3.63, 3.8) is 0 Å². The largest absolute Gasteiger partial charge is 0.454 e. The average molecular weight is 404 g/mol. The summed E-state index contributed by atoms with van der Waals surface area (Å²) < 4.78 is 10.4. The molecule has 1 aromatic heterocycles. The highest BCUT2D eigenvalue weighted by Crippen LogP contribution is 2.37. The van der Waals surface area contributed by atoms with Gasteiger partial charge in [-0.25, -0.2) is 10.4 Å². The third kappa shape index (κ3) is 3.52. The molecule has 0 saturated heterocycles. The van der Waals surface area contributed by atoms with Crippen LogP contribution in [0.2, 0.25) is 0 Å². The number of aromatic amines is 1. The van der Waals surface area contributed by atoms with Crippen molar-refractivity contribution in [2.45, 2.75) is 0 Å². The molecule has 0 atom stereocenters. The molecule has 11 heteroatoms. The topological polar surface area (TPSA) is 156 Å². The van der Waals surface area contributed by atoms with Gasteiger partial charge in [-0.1, -0.05) is 30.3 Å². The number of hydrogen-bond acceptors (Lipinski definition) is 9. The van der Waals surface area contributed by atoms with E-state index in [1.165, 1.54) is 18.3 Å². The van der Waals surface area contributed by atoms with E-state index in [9.17, 15) is 20.2 Å². The Morgan fingerprint density at radius 1 is 1.27 bits per heavy atom. The summed E-state index contributed by atoms with van der Waals surface area (Å²) in [5.41, 5.74) is 2.46. The van der Waals surface area contributed by atoms with E-state index >= 15 is 0 Å². The molecule has 0 aliphatic carbocycles. The molecule has 4 rings (SSSR count). The molecule has 30 heavy (non-hydrogen) atoms. The smallest absolute Gasteiger partial charge is 0.282 e. The first-order chi connectivity index (χ1) is 14.6. The van der Waals surface area contributed by atoms with E-state index in [1.807, 2.05) is 6.07 Å². The van der Waals surface area contributed by atoms with Crippen LogP contribution in [0.1, 0.15) is 11.1 Å². The summed E-state index contributed by atoms with van der Waals surface area (Å²) in [6.45, 7) is -0.0238. The van der Waals surface area contributed by atoms with Crippen LogP contribution in [0.15, 0.2) is 52.4 Å². The third-order valence-corrected chi connectivity index (χ3v) is 4.17. The zero-order valence-corrected chi connectivity index (χ0v) is 15.2. The zero-order valence-electron chi connectivity index (χ0n) is 15.2. The Kier molecular flexibility index (Phi) is 4.80. The van der Waals surface area contributed by atoms with E-state index in [0.717, 1.165) is 0 Å². The second-order valence-electron chi connectivity index (χ2n) is 6.01. The molecule has 148 valence electrons. The zero-order chi connectivity index (χ0) is 21.1. The number of nitrogens with zero attached hydrogens (tertiary/aromatic N) is 4. The molecule has 2 N–H and O–H groups in total. The standard InChI is InChI=1S/C19H12N6O5/c20-8-13-17(11-4-2-1-3-5-11)22-19(23-18(13)26)24-21-9-12-6-15-16(30-10-29-15)7-14(12)25(27)28/h1-7,9H,10H2,(H2,22,23,24,26). The maximum absolute atomic E-state index is 12.2. The van der Waals surface area contributed by atoms with Gasteiger partial charge in [0.25, 0.3) is 11.2 Å². The van der Waals surface area contributed by atoms with Crippen molar-refractivity contribution in [2.24, 2.45) is 5.10 Å². The number of hydrogen-bond donors (Lipinski definition) is 2. The molecule has 2 aromatic carbocycles. The van der Waals surface area contributed by atoms with Crippen molar-refractivity contribution >= 4 is 17.9 Å². The Hall–Kier alpha value is -4.72. The van der Waals surface area contributed by atoms with Gasteiger partial charge in [-0.2, -0.15) is 10.4 Å². The lowest BCUT2D eigenvalue weighted by molar-refractivity contribution is -0.385. The van der Waals surface area contributed by atoms with Gasteiger partial charge in [-0.05, 0) is 6.07 Å². The van der Waals surface area contributed by atoms with E-state index in [0.29, 0.717) is 11.3 Å². The van der Waals surface area contributed by atoms with Gasteiger partial charge in [0.05, 0.1) is 28.5 Å². The van der Waals surface area contributed by atoms with Crippen LogP contribution in [-0.4, -0.2) is 27.9 Å². The molecule has 0 unspecified atom stereocenters. The average Bonchev–Trinajstić information content (AvgIpc) is 3.21. The molecule has 0 bridgehead atoms. The quantitative estimate of drug-likeness (QED) is 0.373. The van der Waals surface area contributed by atoms with Crippen LogP contribution >= 0.6 is 0 Å². The number of benzene rings is 2. The van der Waals surface area contributed by atoms with E-state index in [-0.39, 0.29) is 41.0 Å². The van der Waals surface area contributed by atoms with Crippen molar-refractivity contribution in [1.82, 2.24) is 9.97 Å². The predicted molar refractivity (Wildman–Crippen MR) is 105 cm³/mol. The number of hydrazone groups is 1. The van der Waals surface area contributed by atoms with Crippen molar-refractivity contribution < 1.29 is 14.4 Å². The van der Waals surface area contributed by atoms with Crippen LogP contribution in [0, 0.1) is 21.4 Å². The summed E-state index contributed by atoms with van der Waals surface area (Å²) in [5, 5.41) is 24.5. The summed E-state index contributed by atoms with van der Waals surface area (Å²) in [6, 6.07) is 13.2. The summed E-state index contributed by atoms with van der Waals surface area (Å²) in [7, 11) is 0. The van der Waals surface area contributed by atoms with Gasteiger partial charge in [-0.3, -0.25) is 19.9 Å². The monoisotopic (exact) mass is 404 g/mol. The number of nitro groups is 1. The molecule has 0 saturated carbocycles. The number of anilines is 1. The van der Waals surface area contributed by atoms with Gasteiger partial charge >= 0.3 is 0 Å². The molecule has 0 radical (unpaired) electrons. The first kappa shape index (κ1) is 18.6. The minimum absolute atomic E-state index is 0.0238. The second kappa shape index (κ2) is 7.72. The predicted octanol–water partition coefficient (Wildman–Crippen LogP) is 2.39. The van der Waals surface area contributed by atoms with Crippen LogP contribution in [0.25, 0.3) is 11.3 Å². The van der Waals surface area contributed by atoms with E-state index in [2.05, 4.69) is 20.5 Å². The molecule has 1 aliphatic rings. The van der Waals surface area contributed by atoms with Gasteiger partial charge in [0.15, 0.2) is 11.5 Å². The van der Waals surface area contributed by atoms with Gasteiger partial charge in [0, 0.05) is 5.56 Å². The molecular formula is C19H12N6O5. The molecule has 0 amide bonds. The van der Waals surface area contributed by atoms with E-state index < -0.39 is 10.5 Å². The van der Waals surface area contributed by atoms with Crippen molar-refractivity contribution in [1.29, 1.82) is 5.26 Å². The normalized spacial score (nSPS) is 12.0. The number of aromatic nitrogens is 2. The van der Waals surface area contributed by atoms with Gasteiger partial charge in [0.1, 0.15) is 11.6 Å². The van der Waals surface area contributed by atoms with Crippen molar-refractivity contribution in [3.05, 3.63) is 74.1 Å². The number of nitro benzene ring substituents is 1. The molecule has 11 nitrogen and oxygen atoms in total. The minimum atomic E-state index is -0.641. The van der Waals surface area contributed by atoms with E-state index in [1.54, 1.807) is 30.3 Å². The number of H-pyrrole nitrogens is 1. The maximum atomic E-state index is 12.2. The summed E-state index contributed by atoms with van der Waals surface area (Å²) in [6.07, 6.45) is 1.19. The summed E-state index contributed by atoms with van der Waals surface area (Å²) in [5.74, 6) is 0.605. The van der Waals surface area contributed by atoms with Crippen LogP contribution in [-0.2, 0) is 0 Å². The number of rotatable bonds is 5. The van der Waals surface area contributed by atoms with Gasteiger partial charge < -0.3 is 9.47 Å². The third-order valence-electron chi connectivity index (χ3n) is 4.17. The first-order valence-electron chi connectivity index (χ1n) is 8.54. The fraction of sp³-hybridized carbons (Fsp3) is 0.0526. The SMILES string of the molecule is N#Cc1c(-c2ccccc2)nc(NN=Cc2cc3c(cc2[N+](=O)[O-])OCO3)[nH]c1=O. The highest BCUT2D eigenvalue weighted by atomic mass is 16.7. The number of nitrogens with one attached hydrogen (secondary N) is 2. The molecule has 0 fully saturated rings. The molecular weight excluding hydrogens is 392 g/mol. The number of ether oxygens (including phenoxy) is 2. The van der Waals surface area contributed by atoms with Crippen LogP contribution < -0.4 is 20.5 Å². The Morgan fingerprint density at radius 3 is 2.70 bits per heavy atom. The lowest BCUT2D eigenvalue weighted by atomic mass is 10.1. The number of fused-ring (bicyclic) bond motifs is 1. The Labute approximate surface area is 168 Å². The lowest BCUT2D eigenvalue weighted by Crippen LogP contribution is -2.16. The first-order valence-corrected chi connectivity index (χ1v) is 8.54. The molecule has 0 spiro atoms. The van der Waals surface area contributed by atoms with Gasteiger partial charge in [-0.15, -0.1) is 0 Å². The fourth-order valence-electron chi connectivity index (χ4n) is 2.81. The Bertz CT molecular complexity index is 1260. The highest BCUT2D eigenvalue weighted by Gasteiger charge is 2.22.